The van der Waals surface area contributed by atoms with E-state index in [0.717, 1.165) is 118 Å². The Kier molecular flexibility index (Phi) is 23.1. The van der Waals surface area contributed by atoms with Crippen molar-refractivity contribution in [1.82, 2.24) is 49.0 Å². The molecule has 0 aliphatic heterocycles. The van der Waals surface area contributed by atoms with Gasteiger partial charge in [0.1, 0.15) is 28.7 Å². The summed E-state index contributed by atoms with van der Waals surface area (Å²) in [7, 11) is 0. The lowest BCUT2D eigenvalue weighted by molar-refractivity contribution is 1.00. The summed E-state index contributed by atoms with van der Waals surface area (Å²) in [6.07, 6.45) is 0. The molecule has 10 heteroatoms. The zero-order valence-electron chi connectivity index (χ0n) is 79.2. The first kappa shape index (κ1) is 87.1. The standard InChI is InChI=1S/C54H36N6.C43H28N2.C38H26N2/c1-7-19-37(20-8-1)43-31-46(40-25-13-4-14-26-40)55-49(34-43)52-58-53(50-35-44(38-21-9-2-10-22-38)32-47(56-50)41-27-15-5-16-28-41)60-54(59-52)51-36-45(39-23-11-3-12-24-39)33-48(57-51)42-29-17-6-18-30-42;1-2-13-31(14-3-1)43-44-39-20-10-11-21-40(39)45(43)34-26-24-30(25-27-34)41-35-16-6-8-18-37(35)42(38-19-9-7-17-36(38)41)33-23-22-29-12-4-5-15-32(29)28-33;1-25-39-35-16-8-9-17-36(35)40(25)30-22-20-27(21-23-30)37-31-12-4-6-14-33(31)38(34-15-7-5-13-32(34)37)29-19-18-26-10-2-3-11-28(26)24-29/h1-36H;1-28H;2-24H,1H3. The quantitative estimate of drug-likeness (QED) is 0.0879. The van der Waals surface area contributed by atoms with Crippen LogP contribution in [0.3, 0.4) is 0 Å². The zero-order valence-corrected chi connectivity index (χ0v) is 79.2. The van der Waals surface area contributed by atoms with Crippen molar-refractivity contribution in [2.75, 3.05) is 0 Å². The van der Waals surface area contributed by atoms with Gasteiger partial charge in [-0.05, 0) is 247 Å². The zero-order chi connectivity index (χ0) is 96.5. The molecule has 0 spiro atoms. The van der Waals surface area contributed by atoms with E-state index in [2.05, 4.69) is 423 Å². The molecule has 0 bridgehead atoms. The Balaban J connectivity index is 0.000000116. The Morgan fingerprint density at radius 3 is 0.738 bits per heavy atom. The third-order valence-corrected chi connectivity index (χ3v) is 27.4. The largest absolute Gasteiger partial charge is 0.297 e. The highest BCUT2D eigenvalue weighted by Gasteiger charge is 2.25. The molecule has 6 heterocycles. The van der Waals surface area contributed by atoms with Gasteiger partial charge in [-0.2, -0.15) is 0 Å². The molecule has 0 atom stereocenters. The van der Waals surface area contributed by atoms with Gasteiger partial charge in [0.15, 0.2) is 17.5 Å². The number of rotatable bonds is 16. The molecule has 27 aromatic rings. The van der Waals surface area contributed by atoms with Crippen LogP contribution in [0.1, 0.15) is 5.82 Å². The van der Waals surface area contributed by atoms with Gasteiger partial charge in [-0.15, -0.1) is 0 Å². The second-order valence-electron chi connectivity index (χ2n) is 36.4. The van der Waals surface area contributed by atoms with Crippen molar-refractivity contribution >= 4 is 86.7 Å². The highest BCUT2D eigenvalue weighted by Crippen LogP contribution is 2.48. The maximum atomic E-state index is 5.24. The third-order valence-electron chi connectivity index (χ3n) is 27.4. The minimum absolute atomic E-state index is 0.409. The Morgan fingerprint density at radius 1 is 0.152 bits per heavy atom. The van der Waals surface area contributed by atoms with Crippen molar-refractivity contribution in [3.8, 4) is 169 Å². The Morgan fingerprint density at radius 2 is 0.400 bits per heavy atom. The number of fused-ring (bicyclic) bond motifs is 8. The number of hydrogen-bond donors (Lipinski definition) is 0. The summed E-state index contributed by atoms with van der Waals surface area (Å²) in [5.41, 5.74) is 30.9. The number of nitrogens with zero attached hydrogens (tertiary/aromatic N) is 10. The molecule has 27 rings (SSSR count). The fraction of sp³-hybridized carbons (Fsp3) is 0.00741. The number of benzene rings is 21. The van der Waals surface area contributed by atoms with Gasteiger partial charge in [0, 0.05) is 33.6 Å². The summed E-state index contributed by atoms with van der Waals surface area (Å²) in [6.45, 7) is 2.07. The third kappa shape index (κ3) is 17.1. The van der Waals surface area contributed by atoms with E-state index in [1.165, 1.54) is 109 Å². The molecule has 0 saturated heterocycles. The van der Waals surface area contributed by atoms with Crippen LogP contribution in [0.4, 0.5) is 0 Å². The minimum atomic E-state index is 0.409. The normalized spacial score (nSPS) is 11.3. The van der Waals surface area contributed by atoms with Crippen LogP contribution in [0.5, 0.6) is 0 Å². The van der Waals surface area contributed by atoms with Gasteiger partial charge < -0.3 is 0 Å². The van der Waals surface area contributed by atoms with Crippen LogP contribution in [-0.4, -0.2) is 49.0 Å². The summed E-state index contributed by atoms with van der Waals surface area (Å²) in [5, 5.41) is 15.1. The molecule has 0 radical (unpaired) electrons. The van der Waals surface area contributed by atoms with Gasteiger partial charge in [-0.3, -0.25) is 9.13 Å². The number of pyridine rings is 3. The van der Waals surface area contributed by atoms with Gasteiger partial charge in [-0.25, -0.2) is 39.9 Å². The van der Waals surface area contributed by atoms with Crippen LogP contribution in [0.2, 0.25) is 0 Å². The van der Waals surface area contributed by atoms with Gasteiger partial charge in [-0.1, -0.05) is 431 Å². The van der Waals surface area contributed by atoms with E-state index in [4.69, 9.17) is 39.9 Å². The lowest BCUT2D eigenvalue weighted by atomic mass is 9.85. The van der Waals surface area contributed by atoms with Crippen molar-refractivity contribution in [2.24, 2.45) is 0 Å². The fourth-order valence-corrected chi connectivity index (χ4v) is 20.6. The first-order chi connectivity index (χ1) is 71.8. The molecular formula is C135H90N10. The van der Waals surface area contributed by atoms with E-state index >= 15 is 0 Å². The average Bonchev–Trinajstić information content (AvgIpc) is 1.55. The Labute approximate surface area is 839 Å². The van der Waals surface area contributed by atoms with E-state index in [1.54, 1.807) is 0 Å². The summed E-state index contributed by atoms with van der Waals surface area (Å²) in [6, 6.07) is 185. The van der Waals surface area contributed by atoms with Gasteiger partial charge in [0.25, 0.3) is 0 Å². The van der Waals surface area contributed by atoms with Crippen LogP contribution >= 0.6 is 0 Å². The SMILES string of the molecule is Cc1nc2ccccc2n1-c1ccc(-c2c3ccccc3c(-c3ccc4ccccc4c3)c3ccccc23)cc1.c1ccc(-c2cc(-c3ccccc3)nc(-c3nc(-c4cc(-c5ccccc5)cc(-c5ccccc5)n4)nc(-c4cc(-c5ccccc5)cc(-c5ccccc5)n4)n3)c2)cc1.c1ccc(-c2nc3ccccc3n2-c2ccc(-c3c4ccccc4c(-c4ccc5ccccc5c4)c4ccccc34)cc2)cc1. The first-order valence-corrected chi connectivity index (χ1v) is 49.0. The molecule has 0 unspecified atom stereocenters. The topological polar surface area (TPSA) is 113 Å². The molecule has 0 aliphatic carbocycles. The molecule has 680 valence electrons. The maximum Gasteiger partial charge on any atom is 0.182 e. The fourth-order valence-electron chi connectivity index (χ4n) is 20.6. The van der Waals surface area contributed by atoms with Gasteiger partial charge in [0.05, 0.1) is 39.1 Å². The van der Waals surface area contributed by atoms with E-state index in [-0.39, 0.29) is 0 Å². The molecule has 0 fully saturated rings. The van der Waals surface area contributed by atoms with Crippen molar-refractivity contribution in [3.05, 3.63) is 534 Å². The van der Waals surface area contributed by atoms with Crippen LogP contribution in [-0.2, 0) is 0 Å². The lowest BCUT2D eigenvalue weighted by Crippen LogP contribution is -2.05. The molecule has 145 heavy (non-hydrogen) atoms. The second-order valence-corrected chi connectivity index (χ2v) is 36.4. The van der Waals surface area contributed by atoms with Crippen LogP contribution in [0.15, 0.2) is 528 Å². The van der Waals surface area contributed by atoms with E-state index in [1.807, 2.05) is 121 Å². The number of aromatic nitrogens is 10. The van der Waals surface area contributed by atoms with E-state index < -0.39 is 0 Å². The predicted octanol–water partition coefficient (Wildman–Crippen LogP) is 34.7. The molecule has 0 saturated carbocycles. The van der Waals surface area contributed by atoms with Gasteiger partial charge >= 0.3 is 0 Å². The number of imidazole rings is 2. The molecule has 21 aromatic carbocycles. The molecular weight excluding hydrogens is 1760 g/mol. The minimum Gasteiger partial charge on any atom is -0.297 e. The van der Waals surface area contributed by atoms with Crippen LogP contribution < -0.4 is 0 Å². The lowest BCUT2D eigenvalue weighted by Gasteiger charge is -2.18. The number of aryl methyl sites for hydroxylation is 1. The van der Waals surface area contributed by atoms with Crippen molar-refractivity contribution in [1.29, 1.82) is 0 Å². The van der Waals surface area contributed by atoms with Crippen molar-refractivity contribution in [2.45, 2.75) is 6.92 Å². The first-order valence-electron chi connectivity index (χ1n) is 49.0. The van der Waals surface area contributed by atoms with E-state index in [0.29, 0.717) is 34.6 Å². The predicted molar refractivity (Wildman–Crippen MR) is 601 cm³/mol. The molecule has 0 aliphatic rings. The molecule has 0 N–H and O–H groups in total. The molecule has 10 nitrogen and oxygen atoms in total. The van der Waals surface area contributed by atoms with Crippen LogP contribution in [0, 0.1) is 6.92 Å². The highest BCUT2D eigenvalue weighted by atomic mass is 15.1. The maximum absolute atomic E-state index is 5.24. The Bertz CT molecular complexity index is 8900. The summed E-state index contributed by atoms with van der Waals surface area (Å²) in [4.78, 5) is 41.2. The molecule has 6 aromatic heterocycles. The Hall–Kier alpha value is -19.4. The van der Waals surface area contributed by atoms with E-state index in [9.17, 15) is 0 Å². The summed E-state index contributed by atoms with van der Waals surface area (Å²) in [5.74, 6) is 3.16. The highest BCUT2D eigenvalue weighted by molar-refractivity contribution is 6.23. The summed E-state index contributed by atoms with van der Waals surface area (Å²) < 4.78 is 4.51. The van der Waals surface area contributed by atoms with Gasteiger partial charge in [0.2, 0.25) is 0 Å². The molecule has 0 amide bonds. The monoisotopic (exact) mass is 1850 g/mol. The number of hydrogen-bond acceptors (Lipinski definition) is 8. The number of para-hydroxylation sites is 4. The van der Waals surface area contributed by atoms with Crippen molar-refractivity contribution < 1.29 is 0 Å². The smallest absolute Gasteiger partial charge is 0.182 e. The average molecular weight is 1850 g/mol. The second kappa shape index (κ2) is 38.4. The van der Waals surface area contributed by atoms with Crippen LogP contribution in [0.25, 0.3) is 256 Å². The summed E-state index contributed by atoms with van der Waals surface area (Å²) >= 11 is 0. The van der Waals surface area contributed by atoms with Crippen molar-refractivity contribution in [3.63, 3.8) is 0 Å².